The highest BCUT2D eigenvalue weighted by molar-refractivity contribution is 5.85. The first-order valence-electron chi connectivity index (χ1n) is 7.08. The lowest BCUT2D eigenvalue weighted by Gasteiger charge is -2.12. The number of hydrogen-bond acceptors (Lipinski definition) is 4. The second-order valence-corrected chi connectivity index (χ2v) is 5.12. The maximum absolute atomic E-state index is 14.3. The summed E-state index contributed by atoms with van der Waals surface area (Å²) in [7, 11) is 1.83. The van der Waals surface area contributed by atoms with Crippen LogP contribution in [0.5, 0.6) is 11.6 Å². The van der Waals surface area contributed by atoms with Gasteiger partial charge in [0.1, 0.15) is 5.52 Å². The van der Waals surface area contributed by atoms with Crippen LogP contribution in [-0.2, 0) is 13.5 Å². The molecule has 0 aliphatic carbocycles. The molecule has 2 aromatic heterocycles. The lowest BCUT2D eigenvalue weighted by atomic mass is 10.1. The summed E-state index contributed by atoms with van der Waals surface area (Å²) in [6, 6.07) is 4.66. The number of pyridine rings is 1. The number of aromatic nitrogens is 3. The summed E-state index contributed by atoms with van der Waals surface area (Å²) in [6.07, 6.45) is 7.54. The van der Waals surface area contributed by atoms with E-state index in [1.54, 1.807) is 23.0 Å². The summed E-state index contributed by atoms with van der Waals surface area (Å²) in [5.74, 6) is 2.46. The second-order valence-electron chi connectivity index (χ2n) is 5.12. The summed E-state index contributed by atoms with van der Waals surface area (Å²) in [5.41, 5.74) is 8.37. The first-order chi connectivity index (χ1) is 11.0. The van der Waals surface area contributed by atoms with Gasteiger partial charge in [0, 0.05) is 18.7 Å². The summed E-state index contributed by atoms with van der Waals surface area (Å²) >= 11 is 0. The van der Waals surface area contributed by atoms with E-state index in [1.807, 2.05) is 14.0 Å². The van der Waals surface area contributed by atoms with Crippen molar-refractivity contribution in [3.63, 3.8) is 0 Å². The molecular weight excluding hydrogens is 295 g/mol. The highest BCUT2D eigenvalue weighted by Gasteiger charge is 2.15. The zero-order valence-electron chi connectivity index (χ0n) is 12.8. The van der Waals surface area contributed by atoms with Gasteiger partial charge in [-0.15, -0.1) is 6.42 Å². The first kappa shape index (κ1) is 14.9. The van der Waals surface area contributed by atoms with Gasteiger partial charge >= 0.3 is 0 Å². The van der Waals surface area contributed by atoms with Gasteiger partial charge in [0.05, 0.1) is 11.8 Å². The van der Waals surface area contributed by atoms with E-state index in [-0.39, 0.29) is 17.4 Å². The lowest BCUT2D eigenvalue weighted by molar-refractivity contribution is 0.423. The number of terminal acetylenes is 1. The maximum atomic E-state index is 14.3. The Balaban J connectivity index is 2.09. The van der Waals surface area contributed by atoms with Crippen LogP contribution < -0.4 is 10.5 Å². The molecule has 0 saturated carbocycles. The van der Waals surface area contributed by atoms with Crippen molar-refractivity contribution in [2.75, 3.05) is 5.73 Å². The van der Waals surface area contributed by atoms with Crippen LogP contribution in [0, 0.1) is 18.2 Å². The summed E-state index contributed by atoms with van der Waals surface area (Å²) in [6.45, 7) is 1.90. The smallest absolute Gasteiger partial charge is 0.223 e. The molecule has 2 heterocycles. The van der Waals surface area contributed by atoms with Gasteiger partial charge in [0.25, 0.3) is 0 Å². The molecule has 5 nitrogen and oxygen atoms in total. The highest BCUT2D eigenvalue weighted by Crippen LogP contribution is 2.31. The van der Waals surface area contributed by atoms with Gasteiger partial charge in [-0.3, -0.25) is 0 Å². The van der Waals surface area contributed by atoms with E-state index in [9.17, 15) is 4.39 Å². The number of nitrogens with zero attached hydrogens (tertiary/aromatic N) is 3. The molecule has 23 heavy (non-hydrogen) atoms. The number of fused-ring (bicyclic) bond motifs is 1. The fraction of sp³-hybridized carbons (Fsp3) is 0.176. The van der Waals surface area contributed by atoms with Crippen molar-refractivity contribution in [1.29, 1.82) is 0 Å². The summed E-state index contributed by atoms with van der Waals surface area (Å²) in [4.78, 5) is 8.31. The molecule has 1 aromatic carbocycles. The van der Waals surface area contributed by atoms with Gasteiger partial charge in [-0.05, 0) is 24.1 Å². The predicted octanol–water partition coefficient (Wildman–Crippen LogP) is 3.03. The molecule has 116 valence electrons. The molecule has 0 unspecified atom stereocenters. The van der Waals surface area contributed by atoms with E-state index in [2.05, 4.69) is 15.9 Å². The van der Waals surface area contributed by atoms with Crippen molar-refractivity contribution in [3.8, 4) is 24.0 Å². The van der Waals surface area contributed by atoms with E-state index in [1.165, 1.54) is 6.07 Å². The maximum Gasteiger partial charge on any atom is 0.223 e. The fourth-order valence-electron chi connectivity index (χ4n) is 2.40. The van der Waals surface area contributed by atoms with Gasteiger partial charge in [0.2, 0.25) is 5.88 Å². The average molecular weight is 310 g/mol. The largest absolute Gasteiger partial charge is 0.436 e. The Kier molecular flexibility index (Phi) is 3.62. The zero-order valence-corrected chi connectivity index (χ0v) is 12.8. The van der Waals surface area contributed by atoms with Crippen LogP contribution in [0.25, 0.3) is 11.0 Å². The van der Waals surface area contributed by atoms with Crippen molar-refractivity contribution in [3.05, 3.63) is 41.5 Å². The van der Waals surface area contributed by atoms with Gasteiger partial charge in [0.15, 0.2) is 17.4 Å². The highest BCUT2D eigenvalue weighted by atomic mass is 19.1. The molecule has 3 aromatic rings. The van der Waals surface area contributed by atoms with E-state index in [0.717, 1.165) is 5.52 Å². The SMILES string of the molecule is C#Cc1cc(F)c(Oc2cc3c(ncn3C)c(N)n2)c(CC)c1. The number of anilines is 1. The molecule has 0 amide bonds. The molecule has 2 N–H and O–H groups in total. The van der Waals surface area contributed by atoms with Crippen molar-refractivity contribution in [1.82, 2.24) is 14.5 Å². The summed E-state index contributed by atoms with van der Waals surface area (Å²) < 4.78 is 21.8. The molecule has 0 spiro atoms. The summed E-state index contributed by atoms with van der Waals surface area (Å²) in [5, 5.41) is 0. The van der Waals surface area contributed by atoms with Crippen molar-refractivity contribution in [2.45, 2.75) is 13.3 Å². The Labute approximate surface area is 132 Å². The third kappa shape index (κ3) is 2.57. The number of nitrogens with two attached hydrogens (primary N) is 1. The Bertz CT molecular complexity index is 940. The number of halogens is 1. The third-order valence-corrected chi connectivity index (χ3v) is 3.59. The molecule has 0 atom stereocenters. The van der Waals surface area contributed by atoms with Crippen LogP contribution in [0.15, 0.2) is 24.5 Å². The van der Waals surface area contributed by atoms with E-state index in [0.29, 0.717) is 23.1 Å². The predicted molar refractivity (Wildman–Crippen MR) is 86.7 cm³/mol. The van der Waals surface area contributed by atoms with Crippen molar-refractivity contribution >= 4 is 16.9 Å². The van der Waals surface area contributed by atoms with Crippen molar-refractivity contribution < 1.29 is 9.13 Å². The topological polar surface area (TPSA) is 66.0 Å². The molecule has 0 fully saturated rings. The molecule has 0 radical (unpaired) electrons. The molecule has 3 rings (SSSR count). The normalized spacial score (nSPS) is 10.7. The zero-order chi connectivity index (χ0) is 16.6. The number of hydrogen-bond donors (Lipinski definition) is 1. The molecule has 6 heteroatoms. The van der Waals surface area contributed by atoms with E-state index >= 15 is 0 Å². The second kappa shape index (κ2) is 5.61. The standard InChI is InChI=1S/C17H15FN4O/c1-4-10-6-11(5-2)16(12(18)7-10)23-14-8-13-15(17(19)21-14)20-9-22(13)3/h1,6-9H,5H2,2-3H3,(H2,19,21). The Hall–Kier alpha value is -3.07. The lowest BCUT2D eigenvalue weighted by Crippen LogP contribution is -2.00. The van der Waals surface area contributed by atoms with Gasteiger partial charge in [-0.25, -0.2) is 9.37 Å². The van der Waals surface area contributed by atoms with Crippen LogP contribution in [0.2, 0.25) is 0 Å². The number of rotatable bonds is 3. The molecule has 0 saturated heterocycles. The van der Waals surface area contributed by atoms with Gasteiger partial charge in [-0.1, -0.05) is 12.8 Å². The molecule has 0 aliphatic rings. The van der Waals surface area contributed by atoms with Gasteiger partial charge in [-0.2, -0.15) is 4.98 Å². The van der Waals surface area contributed by atoms with E-state index in [4.69, 9.17) is 16.9 Å². The molecular formula is C17H15FN4O. The third-order valence-electron chi connectivity index (χ3n) is 3.59. The minimum Gasteiger partial charge on any atom is -0.436 e. The number of benzene rings is 1. The number of aryl methyl sites for hydroxylation is 2. The quantitative estimate of drug-likeness (QED) is 0.755. The fourth-order valence-corrected chi connectivity index (χ4v) is 2.40. The van der Waals surface area contributed by atoms with Crippen molar-refractivity contribution in [2.24, 2.45) is 7.05 Å². The van der Waals surface area contributed by atoms with Crippen LogP contribution >= 0.6 is 0 Å². The van der Waals surface area contributed by atoms with Crippen LogP contribution in [-0.4, -0.2) is 14.5 Å². The average Bonchev–Trinajstić information content (AvgIpc) is 2.91. The minimum absolute atomic E-state index is 0.111. The number of ether oxygens (including phenoxy) is 1. The Morgan fingerprint density at radius 2 is 2.17 bits per heavy atom. The number of nitrogen functional groups attached to an aromatic ring is 1. The molecule has 0 aliphatic heterocycles. The van der Waals surface area contributed by atoms with Gasteiger partial charge < -0.3 is 15.0 Å². The van der Waals surface area contributed by atoms with Crippen LogP contribution in [0.3, 0.4) is 0 Å². The minimum atomic E-state index is -0.525. The number of imidazole rings is 1. The Morgan fingerprint density at radius 3 is 2.87 bits per heavy atom. The van der Waals surface area contributed by atoms with Crippen LogP contribution in [0.4, 0.5) is 10.2 Å². The van der Waals surface area contributed by atoms with Crippen LogP contribution in [0.1, 0.15) is 18.1 Å². The molecule has 0 bridgehead atoms. The monoisotopic (exact) mass is 310 g/mol. The Morgan fingerprint density at radius 1 is 1.39 bits per heavy atom. The van der Waals surface area contributed by atoms with E-state index < -0.39 is 5.82 Å². The first-order valence-corrected chi connectivity index (χ1v) is 7.08.